The Morgan fingerprint density at radius 1 is 1.23 bits per heavy atom. The van der Waals surface area contributed by atoms with Crippen LogP contribution in [0.4, 0.5) is 10.2 Å². The number of rotatable bonds is 3. The maximum atomic E-state index is 14.2. The quantitative estimate of drug-likeness (QED) is 0.691. The summed E-state index contributed by atoms with van der Waals surface area (Å²) in [6, 6.07) is 5.28. The van der Waals surface area contributed by atoms with Gasteiger partial charge in [0.05, 0.1) is 5.52 Å². The van der Waals surface area contributed by atoms with Crippen LogP contribution in [0.3, 0.4) is 0 Å². The molecule has 1 aliphatic heterocycles. The van der Waals surface area contributed by atoms with Gasteiger partial charge in [0.25, 0.3) is 0 Å². The van der Waals surface area contributed by atoms with Gasteiger partial charge in [0, 0.05) is 43.3 Å². The van der Waals surface area contributed by atoms with Crippen molar-refractivity contribution in [2.75, 3.05) is 18.0 Å². The number of hydrogen-bond acceptors (Lipinski definition) is 3. The van der Waals surface area contributed by atoms with Crippen molar-refractivity contribution < 1.29 is 4.39 Å². The van der Waals surface area contributed by atoms with E-state index >= 15 is 0 Å². The lowest BCUT2D eigenvalue weighted by atomic mass is 9.96. The third-order valence-corrected chi connectivity index (χ3v) is 5.47. The SMILES string of the molecule is CCn1ccnc1[C@@H]1CCCN(c2nc3c(C)ccc(F)c3cc2C)C1. The fourth-order valence-corrected chi connectivity index (χ4v) is 4.10. The van der Waals surface area contributed by atoms with E-state index in [0.717, 1.165) is 60.8 Å². The number of aryl methyl sites for hydroxylation is 3. The Hall–Kier alpha value is -2.43. The van der Waals surface area contributed by atoms with Crippen LogP contribution in [-0.4, -0.2) is 27.6 Å². The average molecular weight is 352 g/mol. The van der Waals surface area contributed by atoms with E-state index < -0.39 is 0 Å². The van der Waals surface area contributed by atoms with Gasteiger partial charge in [-0.3, -0.25) is 0 Å². The summed E-state index contributed by atoms with van der Waals surface area (Å²) in [5.41, 5.74) is 2.81. The van der Waals surface area contributed by atoms with Gasteiger partial charge in [0.2, 0.25) is 0 Å². The summed E-state index contributed by atoms with van der Waals surface area (Å²) < 4.78 is 16.4. The highest BCUT2D eigenvalue weighted by Crippen LogP contribution is 2.32. The lowest BCUT2D eigenvalue weighted by molar-refractivity contribution is 0.471. The predicted octanol–water partition coefficient (Wildman–Crippen LogP) is 4.59. The van der Waals surface area contributed by atoms with Crippen LogP contribution >= 0.6 is 0 Å². The van der Waals surface area contributed by atoms with Gasteiger partial charge in [-0.25, -0.2) is 14.4 Å². The minimum Gasteiger partial charge on any atom is -0.356 e. The van der Waals surface area contributed by atoms with Gasteiger partial charge in [0.15, 0.2) is 0 Å². The number of pyridine rings is 1. The Balaban J connectivity index is 1.71. The van der Waals surface area contributed by atoms with Crippen LogP contribution in [0.25, 0.3) is 10.9 Å². The molecule has 26 heavy (non-hydrogen) atoms. The van der Waals surface area contributed by atoms with Gasteiger partial charge in [0.1, 0.15) is 17.5 Å². The Labute approximate surface area is 153 Å². The van der Waals surface area contributed by atoms with E-state index in [1.807, 2.05) is 26.1 Å². The average Bonchev–Trinajstić information content (AvgIpc) is 3.13. The molecule has 0 spiro atoms. The molecule has 0 bridgehead atoms. The molecule has 136 valence electrons. The van der Waals surface area contributed by atoms with Gasteiger partial charge in [-0.1, -0.05) is 6.07 Å². The molecule has 0 amide bonds. The molecule has 5 heteroatoms. The normalized spacial score (nSPS) is 17.8. The maximum absolute atomic E-state index is 14.2. The second-order valence-electron chi connectivity index (χ2n) is 7.25. The minimum absolute atomic E-state index is 0.200. The Bertz CT molecular complexity index is 947. The van der Waals surface area contributed by atoms with Crippen molar-refractivity contribution >= 4 is 16.7 Å². The third kappa shape index (κ3) is 2.85. The Morgan fingerprint density at radius 2 is 2.08 bits per heavy atom. The number of hydrogen-bond donors (Lipinski definition) is 0. The summed E-state index contributed by atoms with van der Waals surface area (Å²) in [6.07, 6.45) is 6.21. The molecular formula is C21H25FN4. The fourth-order valence-electron chi connectivity index (χ4n) is 4.10. The molecule has 1 aliphatic rings. The maximum Gasteiger partial charge on any atom is 0.132 e. The summed E-state index contributed by atoms with van der Waals surface area (Å²) in [5, 5.41) is 0.612. The lowest BCUT2D eigenvalue weighted by Gasteiger charge is -2.34. The fraction of sp³-hybridized carbons (Fsp3) is 0.429. The number of fused-ring (bicyclic) bond motifs is 1. The predicted molar refractivity (Wildman–Crippen MR) is 103 cm³/mol. The van der Waals surface area contributed by atoms with Crippen LogP contribution in [0.15, 0.2) is 30.6 Å². The molecule has 1 fully saturated rings. The van der Waals surface area contributed by atoms with Gasteiger partial charge < -0.3 is 9.47 Å². The highest BCUT2D eigenvalue weighted by molar-refractivity contribution is 5.85. The number of nitrogens with zero attached hydrogens (tertiary/aromatic N) is 4. The molecule has 4 rings (SSSR count). The number of halogens is 1. The first kappa shape index (κ1) is 17.0. The third-order valence-electron chi connectivity index (χ3n) is 5.47. The summed E-state index contributed by atoms with van der Waals surface area (Å²) in [4.78, 5) is 11.8. The summed E-state index contributed by atoms with van der Waals surface area (Å²) in [6.45, 7) is 9.00. The van der Waals surface area contributed by atoms with Crippen LogP contribution in [0.1, 0.15) is 42.6 Å². The Morgan fingerprint density at radius 3 is 2.88 bits per heavy atom. The Kier molecular flexibility index (Phi) is 4.39. The van der Waals surface area contributed by atoms with Gasteiger partial charge in [-0.15, -0.1) is 0 Å². The molecule has 2 aromatic heterocycles. The molecule has 3 aromatic rings. The van der Waals surface area contributed by atoms with Crippen molar-refractivity contribution in [2.24, 2.45) is 0 Å². The zero-order valence-electron chi connectivity index (χ0n) is 15.7. The molecule has 1 saturated heterocycles. The zero-order valence-corrected chi connectivity index (χ0v) is 15.7. The van der Waals surface area contributed by atoms with Crippen LogP contribution < -0.4 is 4.90 Å². The summed E-state index contributed by atoms with van der Waals surface area (Å²) in [5.74, 6) is 2.35. The topological polar surface area (TPSA) is 34.0 Å². The number of benzene rings is 1. The molecule has 0 N–H and O–H groups in total. The molecule has 1 atom stereocenters. The monoisotopic (exact) mass is 352 g/mol. The smallest absolute Gasteiger partial charge is 0.132 e. The van der Waals surface area contributed by atoms with Gasteiger partial charge >= 0.3 is 0 Å². The molecule has 0 aliphatic carbocycles. The van der Waals surface area contributed by atoms with Crippen molar-refractivity contribution in [1.82, 2.24) is 14.5 Å². The van der Waals surface area contributed by atoms with Crippen molar-refractivity contribution in [3.05, 3.63) is 53.4 Å². The summed E-state index contributed by atoms with van der Waals surface area (Å²) in [7, 11) is 0. The molecule has 0 unspecified atom stereocenters. The van der Waals surface area contributed by atoms with Crippen LogP contribution in [0.2, 0.25) is 0 Å². The van der Waals surface area contributed by atoms with Crippen LogP contribution in [0.5, 0.6) is 0 Å². The molecule has 0 saturated carbocycles. The molecule has 3 heterocycles. The van der Waals surface area contributed by atoms with Crippen LogP contribution in [-0.2, 0) is 6.54 Å². The van der Waals surface area contributed by atoms with Crippen molar-refractivity contribution in [3.8, 4) is 0 Å². The van der Waals surface area contributed by atoms with E-state index in [0.29, 0.717) is 11.3 Å². The second kappa shape index (κ2) is 6.71. The number of aromatic nitrogens is 3. The van der Waals surface area contributed by atoms with Gasteiger partial charge in [-0.05, 0) is 56.9 Å². The zero-order chi connectivity index (χ0) is 18.3. The van der Waals surface area contributed by atoms with E-state index in [4.69, 9.17) is 4.98 Å². The standard InChI is InChI=1S/C21H25FN4/c1-4-25-11-9-23-21(25)16-6-5-10-26(13-16)20-15(3)12-17-18(22)8-7-14(2)19(17)24-20/h7-9,11-12,16H,4-6,10,13H2,1-3H3/t16-/m1/s1. The van der Waals surface area contributed by atoms with Crippen LogP contribution in [0, 0.1) is 19.7 Å². The molecular weight excluding hydrogens is 327 g/mol. The van der Waals surface area contributed by atoms with E-state index in [2.05, 4.69) is 27.6 Å². The van der Waals surface area contributed by atoms with E-state index in [1.165, 1.54) is 6.07 Å². The number of piperidine rings is 1. The van der Waals surface area contributed by atoms with E-state index in [9.17, 15) is 4.39 Å². The summed E-state index contributed by atoms with van der Waals surface area (Å²) >= 11 is 0. The van der Waals surface area contributed by atoms with E-state index in [1.54, 1.807) is 6.07 Å². The van der Waals surface area contributed by atoms with E-state index in [-0.39, 0.29) is 5.82 Å². The minimum atomic E-state index is -0.200. The highest BCUT2D eigenvalue weighted by atomic mass is 19.1. The second-order valence-corrected chi connectivity index (χ2v) is 7.25. The largest absolute Gasteiger partial charge is 0.356 e. The number of anilines is 1. The molecule has 0 radical (unpaired) electrons. The number of imidazole rings is 1. The lowest BCUT2D eigenvalue weighted by Crippen LogP contribution is -2.36. The molecule has 4 nitrogen and oxygen atoms in total. The van der Waals surface area contributed by atoms with Crippen molar-refractivity contribution in [2.45, 2.75) is 46.1 Å². The molecule has 1 aromatic carbocycles. The highest BCUT2D eigenvalue weighted by Gasteiger charge is 2.26. The first-order valence-electron chi connectivity index (χ1n) is 9.41. The van der Waals surface area contributed by atoms with Crippen molar-refractivity contribution in [3.63, 3.8) is 0 Å². The van der Waals surface area contributed by atoms with Crippen molar-refractivity contribution in [1.29, 1.82) is 0 Å². The first-order chi connectivity index (χ1) is 12.6. The van der Waals surface area contributed by atoms with Gasteiger partial charge in [-0.2, -0.15) is 0 Å². The first-order valence-corrected chi connectivity index (χ1v) is 9.41.